The van der Waals surface area contributed by atoms with Gasteiger partial charge in [-0.15, -0.1) is 5.10 Å². The summed E-state index contributed by atoms with van der Waals surface area (Å²) in [5.41, 5.74) is 0.661. The maximum Gasteiger partial charge on any atom is 0.280 e. The molecule has 28 heavy (non-hydrogen) atoms. The SMILES string of the molecule is COc1ccc(CNc2nn3c(C4CCOCC4)ncc3c(=O)n2C)c(F)c1. The highest BCUT2D eigenvalue weighted by molar-refractivity contribution is 5.46. The maximum absolute atomic E-state index is 14.2. The van der Waals surface area contributed by atoms with Crippen LogP contribution in [0.15, 0.2) is 29.2 Å². The van der Waals surface area contributed by atoms with Gasteiger partial charge >= 0.3 is 0 Å². The predicted octanol–water partition coefficient (Wildman–Crippen LogP) is 2.08. The summed E-state index contributed by atoms with van der Waals surface area (Å²) in [6.45, 7) is 1.53. The van der Waals surface area contributed by atoms with Crippen LogP contribution in [0.2, 0.25) is 0 Å². The van der Waals surface area contributed by atoms with Crippen LogP contribution in [0.1, 0.15) is 30.1 Å². The fourth-order valence-corrected chi connectivity index (χ4v) is 3.40. The highest BCUT2D eigenvalue weighted by Gasteiger charge is 2.23. The summed E-state index contributed by atoms with van der Waals surface area (Å²) < 4.78 is 27.6. The Balaban J connectivity index is 1.65. The quantitative estimate of drug-likeness (QED) is 0.722. The topological polar surface area (TPSA) is 82.7 Å². The van der Waals surface area contributed by atoms with Crippen LogP contribution in [0.25, 0.3) is 5.52 Å². The summed E-state index contributed by atoms with van der Waals surface area (Å²) in [5, 5.41) is 7.63. The van der Waals surface area contributed by atoms with Crippen LogP contribution in [-0.2, 0) is 18.3 Å². The number of imidazole rings is 1. The Morgan fingerprint density at radius 1 is 1.36 bits per heavy atom. The van der Waals surface area contributed by atoms with Crippen molar-refractivity contribution >= 4 is 11.5 Å². The zero-order valence-corrected chi connectivity index (χ0v) is 15.8. The second-order valence-corrected chi connectivity index (χ2v) is 6.80. The van der Waals surface area contributed by atoms with Gasteiger partial charge in [0.25, 0.3) is 5.56 Å². The van der Waals surface area contributed by atoms with Gasteiger partial charge in [0.1, 0.15) is 17.4 Å². The molecule has 1 aliphatic heterocycles. The summed E-state index contributed by atoms with van der Waals surface area (Å²) in [6, 6.07) is 4.66. The van der Waals surface area contributed by atoms with Gasteiger partial charge in [0.05, 0.1) is 13.3 Å². The molecule has 1 saturated heterocycles. The fraction of sp³-hybridized carbons (Fsp3) is 0.421. The molecule has 0 bridgehead atoms. The largest absolute Gasteiger partial charge is 0.497 e. The molecule has 3 heterocycles. The number of aromatic nitrogens is 4. The van der Waals surface area contributed by atoms with Gasteiger partial charge in [-0.2, -0.15) is 0 Å². The van der Waals surface area contributed by atoms with Gasteiger partial charge in [-0.1, -0.05) is 6.07 Å². The molecule has 0 unspecified atom stereocenters. The van der Waals surface area contributed by atoms with E-state index in [9.17, 15) is 9.18 Å². The van der Waals surface area contributed by atoms with E-state index in [2.05, 4.69) is 15.4 Å². The van der Waals surface area contributed by atoms with Crippen molar-refractivity contribution in [3.05, 3.63) is 52.0 Å². The van der Waals surface area contributed by atoms with Crippen molar-refractivity contribution in [1.82, 2.24) is 19.2 Å². The predicted molar refractivity (Wildman–Crippen MR) is 101 cm³/mol. The molecular formula is C19H22FN5O3. The lowest BCUT2D eigenvalue weighted by Crippen LogP contribution is -2.26. The van der Waals surface area contributed by atoms with Crippen LogP contribution >= 0.6 is 0 Å². The van der Waals surface area contributed by atoms with Gasteiger partial charge in [-0.05, 0) is 18.9 Å². The zero-order valence-electron chi connectivity index (χ0n) is 15.8. The molecule has 1 aliphatic rings. The molecule has 0 radical (unpaired) electrons. The molecule has 8 nitrogen and oxygen atoms in total. The third kappa shape index (κ3) is 3.33. The molecule has 9 heteroatoms. The number of nitrogens with one attached hydrogen (secondary N) is 1. The van der Waals surface area contributed by atoms with E-state index in [1.165, 1.54) is 17.7 Å². The number of rotatable bonds is 5. The van der Waals surface area contributed by atoms with Crippen LogP contribution in [0, 0.1) is 5.82 Å². The molecular weight excluding hydrogens is 365 g/mol. The summed E-state index contributed by atoms with van der Waals surface area (Å²) >= 11 is 0. The van der Waals surface area contributed by atoms with E-state index >= 15 is 0 Å². The number of methoxy groups -OCH3 is 1. The first-order valence-electron chi connectivity index (χ1n) is 9.17. The number of halogens is 1. The summed E-state index contributed by atoms with van der Waals surface area (Å²) in [4.78, 5) is 17.2. The average molecular weight is 387 g/mol. The van der Waals surface area contributed by atoms with Crippen LogP contribution in [0.3, 0.4) is 0 Å². The zero-order chi connectivity index (χ0) is 19.7. The highest BCUT2D eigenvalue weighted by Crippen LogP contribution is 2.25. The Hall–Kier alpha value is -2.94. The van der Waals surface area contributed by atoms with Crippen molar-refractivity contribution in [2.45, 2.75) is 25.3 Å². The molecule has 2 aromatic heterocycles. The fourth-order valence-electron chi connectivity index (χ4n) is 3.40. The van der Waals surface area contributed by atoms with E-state index in [1.807, 2.05) is 0 Å². The average Bonchev–Trinajstić information content (AvgIpc) is 3.15. The molecule has 0 aliphatic carbocycles. The smallest absolute Gasteiger partial charge is 0.280 e. The van der Waals surface area contributed by atoms with Crippen LogP contribution in [0.4, 0.5) is 10.3 Å². The second-order valence-electron chi connectivity index (χ2n) is 6.80. The van der Waals surface area contributed by atoms with E-state index in [-0.39, 0.29) is 23.8 Å². The minimum absolute atomic E-state index is 0.183. The van der Waals surface area contributed by atoms with Crippen molar-refractivity contribution < 1.29 is 13.9 Å². The minimum Gasteiger partial charge on any atom is -0.497 e. The van der Waals surface area contributed by atoms with Crippen molar-refractivity contribution in [3.63, 3.8) is 0 Å². The lowest BCUT2D eigenvalue weighted by molar-refractivity contribution is 0.0832. The molecule has 0 atom stereocenters. The Morgan fingerprint density at radius 2 is 2.14 bits per heavy atom. The first kappa shape index (κ1) is 18.4. The van der Waals surface area contributed by atoms with Crippen LogP contribution in [0.5, 0.6) is 5.75 Å². The Morgan fingerprint density at radius 3 is 2.86 bits per heavy atom. The van der Waals surface area contributed by atoms with Crippen molar-refractivity contribution in [3.8, 4) is 5.75 Å². The Bertz CT molecular complexity index is 1060. The summed E-state index contributed by atoms with van der Waals surface area (Å²) in [6.07, 6.45) is 3.25. The van der Waals surface area contributed by atoms with Crippen LogP contribution in [-0.4, -0.2) is 39.5 Å². The molecule has 1 N–H and O–H groups in total. The van der Waals surface area contributed by atoms with Crippen LogP contribution < -0.4 is 15.6 Å². The van der Waals surface area contributed by atoms with E-state index in [0.717, 1.165) is 18.7 Å². The summed E-state index contributed by atoms with van der Waals surface area (Å²) in [7, 11) is 3.12. The van der Waals surface area contributed by atoms with Crippen molar-refractivity contribution in [2.24, 2.45) is 7.05 Å². The number of fused-ring (bicyclic) bond motifs is 1. The standard InChI is InChI=1S/C19H22FN5O3/c1-24-18(26)16-11-21-17(12-5-7-28-8-6-12)25(16)23-19(24)22-10-13-3-4-14(27-2)9-15(13)20/h3-4,9,11-12H,5-8,10H2,1-2H3,(H,22,23). The first-order valence-corrected chi connectivity index (χ1v) is 9.17. The third-order valence-corrected chi connectivity index (χ3v) is 5.08. The van der Waals surface area contributed by atoms with E-state index in [1.54, 1.807) is 29.9 Å². The lowest BCUT2D eigenvalue weighted by Gasteiger charge is -2.21. The Kier molecular flexibility index (Phi) is 4.99. The van der Waals surface area contributed by atoms with Crippen molar-refractivity contribution in [1.29, 1.82) is 0 Å². The molecule has 1 fully saturated rings. The summed E-state index contributed by atoms with van der Waals surface area (Å²) in [5.74, 6) is 1.37. The van der Waals surface area contributed by atoms with Gasteiger partial charge in [-0.25, -0.2) is 13.9 Å². The van der Waals surface area contributed by atoms with Gasteiger partial charge in [-0.3, -0.25) is 9.36 Å². The number of nitrogens with zero attached hydrogens (tertiary/aromatic N) is 4. The Labute approximate surface area is 160 Å². The number of anilines is 1. The molecule has 0 saturated carbocycles. The van der Waals surface area contributed by atoms with E-state index < -0.39 is 0 Å². The van der Waals surface area contributed by atoms with Gasteiger partial charge in [0.2, 0.25) is 5.95 Å². The molecule has 0 spiro atoms. The molecule has 4 rings (SSSR count). The number of benzene rings is 1. The maximum atomic E-state index is 14.2. The molecule has 0 amide bonds. The van der Waals surface area contributed by atoms with E-state index in [4.69, 9.17) is 9.47 Å². The van der Waals surface area contributed by atoms with Crippen molar-refractivity contribution in [2.75, 3.05) is 25.6 Å². The van der Waals surface area contributed by atoms with Gasteiger partial charge in [0.15, 0.2) is 5.52 Å². The van der Waals surface area contributed by atoms with Gasteiger partial charge in [0, 0.05) is 44.4 Å². The van der Waals surface area contributed by atoms with Gasteiger partial charge < -0.3 is 14.8 Å². The monoisotopic (exact) mass is 387 g/mol. The highest BCUT2D eigenvalue weighted by atomic mass is 19.1. The first-order chi connectivity index (χ1) is 13.6. The number of ether oxygens (including phenoxy) is 2. The lowest BCUT2D eigenvalue weighted by atomic mass is 10.00. The third-order valence-electron chi connectivity index (χ3n) is 5.08. The molecule has 1 aromatic carbocycles. The second kappa shape index (κ2) is 7.59. The minimum atomic E-state index is -0.386. The number of hydrogen-bond acceptors (Lipinski definition) is 6. The molecule has 3 aromatic rings. The normalized spacial score (nSPS) is 15.1. The molecule has 148 valence electrons. The number of hydrogen-bond donors (Lipinski definition) is 1. The van der Waals surface area contributed by atoms with E-state index in [0.29, 0.717) is 36.0 Å².